The fourth-order valence-electron chi connectivity index (χ4n) is 1.55. The Hall–Kier alpha value is -0.770. The fourth-order valence-corrected chi connectivity index (χ4v) is 1.55. The first-order valence-electron chi connectivity index (χ1n) is 5.98. The molecule has 0 aliphatic carbocycles. The molecule has 0 aromatic heterocycles. The Labute approximate surface area is 97.9 Å². The van der Waals surface area contributed by atoms with Gasteiger partial charge in [0.1, 0.15) is 5.60 Å². The van der Waals surface area contributed by atoms with E-state index in [1.165, 1.54) is 0 Å². The van der Waals surface area contributed by atoms with Crippen molar-refractivity contribution >= 4 is 6.09 Å². The molecule has 0 aromatic rings. The van der Waals surface area contributed by atoms with Crippen LogP contribution in [0.3, 0.4) is 0 Å². The van der Waals surface area contributed by atoms with Crippen LogP contribution in [0.25, 0.3) is 0 Å². The average Bonchev–Trinajstić information content (AvgIpc) is 2.05. The molecule has 16 heavy (non-hydrogen) atoms. The van der Waals surface area contributed by atoms with Gasteiger partial charge in [-0.05, 0) is 27.2 Å². The van der Waals surface area contributed by atoms with E-state index in [-0.39, 0.29) is 6.09 Å². The third kappa shape index (κ3) is 4.39. The van der Waals surface area contributed by atoms with E-state index in [2.05, 4.69) is 6.92 Å². The number of amides is 1. The Balaban J connectivity index is 2.13. The van der Waals surface area contributed by atoms with E-state index in [4.69, 9.17) is 9.47 Å². The first-order chi connectivity index (χ1) is 7.42. The lowest BCUT2D eigenvalue weighted by Gasteiger charge is -2.39. The van der Waals surface area contributed by atoms with Crippen molar-refractivity contribution in [2.45, 2.75) is 39.7 Å². The zero-order valence-electron chi connectivity index (χ0n) is 10.8. The van der Waals surface area contributed by atoms with Crippen molar-refractivity contribution in [3.05, 3.63) is 0 Å². The summed E-state index contributed by atoms with van der Waals surface area (Å²) < 4.78 is 10.7. The van der Waals surface area contributed by atoms with Crippen molar-refractivity contribution in [2.24, 2.45) is 5.92 Å². The van der Waals surface area contributed by atoms with Crippen LogP contribution in [0.1, 0.15) is 34.1 Å². The Morgan fingerprint density at radius 3 is 2.50 bits per heavy atom. The molecule has 1 amide bonds. The Morgan fingerprint density at radius 2 is 2.00 bits per heavy atom. The molecule has 1 saturated heterocycles. The second-order valence-electron chi connectivity index (χ2n) is 5.33. The van der Waals surface area contributed by atoms with Gasteiger partial charge >= 0.3 is 6.09 Å². The van der Waals surface area contributed by atoms with Gasteiger partial charge in [-0.2, -0.15) is 0 Å². The van der Waals surface area contributed by atoms with Gasteiger partial charge in [-0.1, -0.05) is 6.92 Å². The van der Waals surface area contributed by atoms with Crippen molar-refractivity contribution in [2.75, 3.05) is 26.3 Å². The second kappa shape index (κ2) is 5.53. The highest BCUT2D eigenvalue weighted by molar-refractivity contribution is 5.69. The van der Waals surface area contributed by atoms with Gasteiger partial charge in [0.25, 0.3) is 0 Å². The molecule has 4 nitrogen and oxygen atoms in total. The number of nitrogens with zero attached hydrogens (tertiary/aromatic N) is 1. The van der Waals surface area contributed by atoms with Gasteiger partial charge in [0.2, 0.25) is 0 Å². The minimum absolute atomic E-state index is 0.209. The van der Waals surface area contributed by atoms with E-state index in [9.17, 15) is 4.79 Å². The molecular formula is C12H23NO3. The maximum Gasteiger partial charge on any atom is 0.410 e. The second-order valence-corrected chi connectivity index (χ2v) is 5.33. The lowest BCUT2D eigenvalue weighted by atomic mass is 10.0. The number of ether oxygens (including phenoxy) is 2. The molecule has 0 aromatic carbocycles. The van der Waals surface area contributed by atoms with Crippen molar-refractivity contribution in [3.8, 4) is 0 Å². The minimum Gasteiger partial charge on any atom is -0.444 e. The molecule has 1 aliphatic heterocycles. The van der Waals surface area contributed by atoms with Crippen LogP contribution in [0.2, 0.25) is 0 Å². The quantitative estimate of drug-likeness (QED) is 0.694. The van der Waals surface area contributed by atoms with Gasteiger partial charge in [-0.3, -0.25) is 0 Å². The Bertz CT molecular complexity index is 229. The highest BCUT2D eigenvalue weighted by Gasteiger charge is 2.33. The van der Waals surface area contributed by atoms with Crippen molar-refractivity contribution in [3.63, 3.8) is 0 Å². The van der Waals surface area contributed by atoms with Crippen LogP contribution >= 0.6 is 0 Å². The summed E-state index contributed by atoms with van der Waals surface area (Å²) in [6.45, 7) is 10.8. The number of carbonyl (C=O) groups excluding carboxylic acids is 1. The van der Waals surface area contributed by atoms with E-state index >= 15 is 0 Å². The van der Waals surface area contributed by atoms with Crippen molar-refractivity contribution < 1.29 is 14.3 Å². The van der Waals surface area contributed by atoms with E-state index in [0.717, 1.165) is 32.7 Å². The van der Waals surface area contributed by atoms with Crippen LogP contribution in [0, 0.1) is 5.92 Å². The number of rotatable bonds is 4. The molecule has 0 bridgehead atoms. The normalized spacial score (nSPS) is 17.1. The molecule has 1 rings (SSSR count). The lowest BCUT2D eigenvalue weighted by Crippen LogP contribution is -2.53. The molecule has 0 radical (unpaired) electrons. The van der Waals surface area contributed by atoms with Gasteiger partial charge in [-0.15, -0.1) is 0 Å². The first kappa shape index (κ1) is 13.3. The molecule has 4 heteroatoms. The Kier molecular flexibility index (Phi) is 4.59. The van der Waals surface area contributed by atoms with Gasteiger partial charge in [0, 0.05) is 25.6 Å². The molecule has 1 aliphatic rings. The number of likely N-dealkylation sites (tertiary alicyclic amines) is 1. The predicted octanol–water partition coefficient (Wildman–Crippen LogP) is 2.28. The van der Waals surface area contributed by atoms with Gasteiger partial charge < -0.3 is 14.4 Å². The van der Waals surface area contributed by atoms with Crippen LogP contribution in [-0.2, 0) is 9.47 Å². The maximum atomic E-state index is 11.6. The lowest BCUT2D eigenvalue weighted by molar-refractivity contribution is -0.0201. The first-order valence-corrected chi connectivity index (χ1v) is 5.98. The molecule has 1 heterocycles. The van der Waals surface area contributed by atoms with Crippen LogP contribution in [-0.4, -0.2) is 42.9 Å². The summed E-state index contributed by atoms with van der Waals surface area (Å²) in [5, 5.41) is 0. The fraction of sp³-hybridized carbons (Fsp3) is 0.917. The van der Waals surface area contributed by atoms with E-state index in [1.54, 1.807) is 4.90 Å². The topological polar surface area (TPSA) is 38.8 Å². The minimum atomic E-state index is -0.402. The third-order valence-electron chi connectivity index (χ3n) is 2.31. The van der Waals surface area contributed by atoms with Gasteiger partial charge in [-0.25, -0.2) is 4.79 Å². The van der Waals surface area contributed by atoms with Crippen molar-refractivity contribution in [1.82, 2.24) is 4.90 Å². The summed E-state index contributed by atoms with van der Waals surface area (Å²) in [5.41, 5.74) is -0.402. The largest absolute Gasteiger partial charge is 0.444 e. The summed E-state index contributed by atoms with van der Waals surface area (Å²) in [4.78, 5) is 13.3. The number of hydrogen-bond donors (Lipinski definition) is 0. The van der Waals surface area contributed by atoms with Gasteiger partial charge in [0.15, 0.2) is 0 Å². The molecule has 1 fully saturated rings. The summed E-state index contributed by atoms with van der Waals surface area (Å²) in [7, 11) is 0. The third-order valence-corrected chi connectivity index (χ3v) is 2.31. The van der Waals surface area contributed by atoms with Crippen LogP contribution in [0.15, 0.2) is 0 Å². The highest BCUT2D eigenvalue weighted by Crippen LogP contribution is 2.19. The standard InChI is InChI=1S/C12H23NO3/c1-5-6-15-9-10-7-13(8-10)11(14)16-12(2,3)4/h10H,5-9H2,1-4H3. The molecule has 0 N–H and O–H groups in total. The zero-order chi connectivity index (χ0) is 12.2. The zero-order valence-corrected chi connectivity index (χ0v) is 10.8. The van der Waals surface area contributed by atoms with Crippen molar-refractivity contribution in [1.29, 1.82) is 0 Å². The molecule has 0 unspecified atom stereocenters. The SMILES string of the molecule is CCCOCC1CN(C(=O)OC(C)(C)C)C1. The number of hydrogen-bond acceptors (Lipinski definition) is 3. The van der Waals surface area contributed by atoms with Crippen LogP contribution in [0.5, 0.6) is 0 Å². The smallest absolute Gasteiger partial charge is 0.410 e. The molecule has 0 spiro atoms. The van der Waals surface area contributed by atoms with E-state index < -0.39 is 5.60 Å². The maximum absolute atomic E-state index is 11.6. The number of carbonyl (C=O) groups is 1. The van der Waals surface area contributed by atoms with E-state index in [1.807, 2.05) is 20.8 Å². The highest BCUT2D eigenvalue weighted by atomic mass is 16.6. The van der Waals surface area contributed by atoms with E-state index in [0.29, 0.717) is 5.92 Å². The molecule has 0 atom stereocenters. The summed E-state index contributed by atoms with van der Waals surface area (Å²) in [6, 6.07) is 0. The summed E-state index contributed by atoms with van der Waals surface area (Å²) >= 11 is 0. The molecular weight excluding hydrogens is 206 g/mol. The average molecular weight is 229 g/mol. The summed E-state index contributed by atoms with van der Waals surface area (Å²) in [6.07, 6.45) is 0.835. The predicted molar refractivity (Wildman–Crippen MR) is 62.4 cm³/mol. The molecule has 94 valence electrons. The van der Waals surface area contributed by atoms with Crippen LogP contribution in [0.4, 0.5) is 4.79 Å². The van der Waals surface area contributed by atoms with Crippen LogP contribution < -0.4 is 0 Å². The molecule has 0 saturated carbocycles. The summed E-state index contributed by atoms with van der Waals surface area (Å²) in [5.74, 6) is 0.485. The monoisotopic (exact) mass is 229 g/mol. The van der Waals surface area contributed by atoms with Gasteiger partial charge in [0.05, 0.1) is 6.61 Å². The Morgan fingerprint density at radius 1 is 1.38 bits per heavy atom.